The van der Waals surface area contributed by atoms with Crippen molar-refractivity contribution in [2.75, 3.05) is 18.5 Å². The quantitative estimate of drug-likeness (QED) is 0.892. The Kier molecular flexibility index (Phi) is 3.99. The Bertz CT molecular complexity index is 676. The van der Waals surface area contributed by atoms with Crippen LogP contribution in [0.4, 0.5) is 5.69 Å². The van der Waals surface area contributed by atoms with Crippen molar-refractivity contribution in [2.24, 2.45) is 0 Å². The number of phenols is 1. The number of aromatic hydroxyl groups is 1. The van der Waals surface area contributed by atoms with Crippen LogP contribution < -0.4 is 14.8 Å². The summed E-state index contributed by atoms with van der Waals surface area (Å²) < 4.78 is 11.0. The second kappa shape index (κ2) is 5.92. The molecule has 21 heavy (non-hydrogen) atoms. The lowest BCUT2D eigenvalue weighted by atomic mass is 10.2. The van der Waals surface area contributed by atoms with Crippen LogP contribution in [0, 0.1) is 0 Å². The van der Waals surface area contributed by atoms with E-state index in [4.69, 9.17) is 32.7 Å². The Labute approximate surface area is 132 Å². The van der Waals surface area contributed by atoms with Crippen molar-refractivity contribution in [1.82, 2.24) is 0 Å². The zero-order valence-electron chi connectivity index (χ0n) is 11.0. The van der Waals surface area contributed by atoms with Gasteiger partial charge < -0.3 is 19.9 Å². The third-order valence-corrected chi connectivity index (χ3v) is 3.74. The molecule has 0 spiro atoms. The number of hydrogen-bond donors (Lipinski definition) is 2. The number of fused-ring (bicyclic) bond motifs is 1. The molecule has 0 bridgehead atoms. The lowest BCUT2D eigenvalue weighted by Crippen LogP contribution is -2.15. The SMILES string of the molecule is Oc1ccc(CNc2cc3c(cc2Cl)OCCO3)cc1Cl. The molecule has 0 radical (unpaired) electrons. The number of rotatable bonds is 3. The van der Waals surface area contributed by atoms with Crippen LogP contribution >= 0.6 is 23.2 Å². The Balaban J connectivity index is 1.77. The number of phenolic OH excluding ortho intramolecular Hbond substituents is 1. The molecule has 0 atom stereocenters. The van der Waals surface area contributed by atoms with Gasteiger partial charge in [-0.25, -0.2) is 0 Å². The second-order valence-corrected chi connectivity index (χ2v) is 5.43. The van der Waals surface area contributed by atoms with Gasteiger partial charge in [-0.05, 0) is 17.7 Å². The minimum atomic E-state index is 0.0674. The van der Waals surface area contributed by atoms with E-state index in [0.29, 0.717) is 41.3 Å². The monoisotopic (exact) mass is 325 g/mol. The molecular weight excluding hydrogens is 313 g/mol. The van der Waals surface area contributed by atoms with Crippen molar-refractivity contribution in [3.8, 4) is 17.2 Å². The highest BCUT2D eigenvalue weighted by Gasteiger charge is 2.15. The normalized spacial score (nSPS) is 13.0. The Morgan fingerprint density at radius 3 is 2.43 bits per heavy atom. The highest BCUT2D eigenvalue weighted by Crippen LogP contribution is 2.38. The Morgan fingerprint density at radius 1 is 1.00 bits per heavy atom. The van der Waals surface area contributed by atoms with Gasteiger partial charge in [0, 0.05) is 18.7 Å². The number of hydrogen-bond acceptors (Lipinski definition) is 4. The maximum Gasteiger partial charge on any atom is 0.163 e. The molecule has 1 aliphatic heterocycles. The second-order valence-electron chi connectivity index (χ2n) is 4.62. The van der Waals surface area contributed by atoms with Crippen molar-refractivity contribution < 1.29 is 14.6 Å². The molecule has 1 aliphatic rings. The van der Waals surface area contributed by atoms with Gasteiger partial charge in [-0.15, -0.1) is 0 Å². The molecule has 0 amide bonds. The van der Waals surface area contributed by atoms with Gasteiger partial charge in [0.05, 0.1) is 15.7 Å². The first kappa shape index (κ1) is 14.2. The van der Waals surface area contributed by atoms with Gasteiger partial charge >= 0.3 is 0 Å². The van der Waals surface area contributed by atoms with Crippen LogP contribution in [0.3, 0.4) is 0 Å². The standard InChI is InChI=1S/C15H13Cl2NO3/c16-10-6-14-15(21-4-3-20-14)7-12(10)18-8-9-1-2-13(19)11(17)5-9/h1-2,5-7,18-19H,3-4,8H2. The van der Waals surface area contributed by atoms with Gasteiger partial charge in [0.1, 0.15) is 19.0 Å². The average molecular weight is 326 g/mol. The highest BCUT2D eigenvalue weighted by atomic mass is 35.5. The van der Waals surface area contributed by atoms with Crippen LogP contribution in [-0.2, 0) is 6.54 Å². The molecule has 1 heterocycles. The first-order valence-electron chi connectivity index (χ1n) is 6.44. The van der Waals surface area contributed by atoms with E-state index < -0.39 is 0 Å². The minimum absolute atomic E-state index is 0.0674. The zero-order valence-corrected chi connectivity index (χ0v) is 12.5. The predicted octanol–water partition coefficient (Wildman–Crippen LogP) is 4.08. The van der Waals surface area contributed by atoms with Crippen molar-refractivity contribution in [2.45, 2.75) is 6.54 Å². The molecule has 2 N–H and O–H groups in total. The van der Waals surface area contributed by atoms with Gasteiger partial charge in [-0.3, -0.25) is 0 Å². The van der Waals surface area contributed by atoms with E-state index in [9.17, 15) is 5.11 Å². The molecule has 2 aromatic carbocycles. The van der Waals surface area contributed by atoms with E-state index >= 15 is 0 Å². The van der Waals surface area contributed by atoms with Gasteiger partial charge in [0.25, 0.3) is 0 Å². The fraction of sp³-hybridized carbons (Fsp3) is 0.200. The van der Waals surface area contributed by atoms with E-state index in [1.54, 1.807) is 24.3 Å². The highest BCUT2D eigenvalue weighted by molar-refractivity contribution is 6.33. The van der Waals surface area contributed by atoms with E-state index in [0.717, 1.165) is 11.3 Å². The average Bonchev–Trinajstić information content (AvgIpc) is 2.48. The minimum Gasteiger partial charge on any atom is -0.506 e. The van der Waals surface area contributed by atoms with Crippen LogP contribution in [0.2, 0.25) is 10.0 Å². The summed E-state index contributed by atoms with van der Waals surface area (Å²) in [6, 6.07) is 8.61. The van der Waals surface area contributed by atoms with Gasteiger partial charge in [-0.1, -0.05) is 29.3 Å². The predicted molar refractivity (Wildman–Crippen MR) is 82.9 cm³/mol. The van der Waals surface area contributed by atoms with Crippen LogP contribution in [-0.4, -0.2) is 18.3 Å². The molecule has 3 rings (SSSR count). The van der Waals surface area contributed by atoms with Crippen molar-refractivity contribution >= 4 is 28.9 Å². The molecule has 0 saturated carbocycles. The molecule has 6 heteroatoms. The Morgan fingerprint density at radius 2 is 1.71 bits per heavy atom. The van der Waals surface area contributed by atoms with Crippen LogP contribution in [0.1, 0.15) is 5.56 Å². The first-order valence-corrected chi connectivity index (χ1v) is 7.19. The summed E-state index contributed by atoms with van der Waals surface area (Å²) >= 11 is 12.1. The maximum absolute atomic E-state index is 9.40. The molecule has 2 aromatic rings. The number of ether oxygens (including phenoxy) is 2. The fourth-order valence-electron chi connectivity index (χ4n) is 2.06. The summed E-state index contributed by atoms with van der Waals surface area (Å²) in [7, 11) is 0. The van der Waals surface area contributed by atoms with E-state index in [1.807, 2.05) is 6.07 Å². The van der Waals surface area contributed by atoms with Crippen molar-refractivity contribution in [3.05, 3.63) is 45.9 Å². The van der Waals surface area contributed by atoms with Crippen LogP contribution in [0.15, 0.2) is 30.3 Å². The van der Waals surface area contributed by atoms with E-state index in [-0.39, 0.29) is 5.75 Å². The zero-order chi connectivity index (χ0) is 14.8. The molecule has 0 aliphatic carbocycles. The molecule has 110 valence electrons. The largest absolute Gasteiger partial charge is 0.506 e. The summed E-state index contributed by atoms with van der Waals surface area (Å²) in [6.45, 7) is 1.59. The third kappa shape index (κ3) is 3.12. The molecule has 0 saturated heterocycles. The lowest BCUT2D eigenvalue weighted by Gasteiger charge is -2.20. The van der Waals surface area contributed by atoms with Gasteiger partial charge in [0.2, 0.25) is 0 Å². The number of benzene rings is 2. The summed E-state index contributed by atoms with van der Waals surface area (Å²) in [6.07, 6.45) is 0. The van der Waals surface area contributed by atoms with Gasteiger partial charge in [-0.2, -0.15) is 0 Å². The van der Waals surface area contributed by atoms with E-state index in [2.05, 4.69) is 5.32 Å². The fourth-order valence-corrected chi connectivity index (χ4v) is 2.48. The number of nitrogens with one attached hydrogen (secondary N) is 1. The molecule has 0 fully saturated rings. The lowest BCUT2D eigenvalue weighted by molar-refractivity contribution is 0.171. The summed E-state index contributed by atoms with van der Waals surface area (Å²) in [5.74, 6) is 1.40. The summed E-state index contributed by atoms with van der Waals surface area (Å²) in [5, 5.41) is 13.5. The molecule has 4 nitrogen and oxygen atoms in total. The van der Waals surface area contributed by atoms with Gasteiger partial charge in [0.15, 0.2) is 11.5 Å². The molecule has 0 unspecified atom stereocenters. The number of halogens is 2. The van der Waals surface area contributed by atoms with Crippen LogP contribution in [0.5, 0.6) is 17.2 Å². The van der Waals surface area contributed by atoms with Crippen LogP contribution in [0.25, 0.3) is 0 Å². The first-order chi connectivity index (χ1) is 10.1. The third-order valence-electron chi connectivity index (χ3n) is 3.13. The maximum atomic E-state index is 9.40. The molecule has 0 aromatic heterocycles. The van der Waals surface area contributed by atoms with Crippen molar-refractivity contribution in [3.63, 3.8) is 0 Å². The molecular formula is C15H13Cl2NO3. The van der Waals surface area contributed by atoms with E-state index in [1.165, 1.54) is 0 Å². The Hall–Kier alpha value is -1.78. The number of anilines is 1. The van der Waals surface area contributed by atoms with Crippen molar-refractivity contribution in [1.29, 1.82) is 0 Å². The smallest absolute Gasteiger partial charge is 0.163 e. The summed E-state index contributed by atoms with van der Waals surface area (Å²) in [4.78, 5) is 0. The summed E-state index contributed by atoms with van der Waals surface area (Å²) in [5.41, 5.74) is 1.69. The topological polar surface area (TPSA) is 50.7 Å².